The zero-order valence-corrected chi connectivity index (χ0v) is 15.4. The number of rotatable bonds is 4. The maximum Gasteiger partial charge on any atom is 0.242 e. The Bertz CT molecular complexity index is 748. The molecule has 1 saturated heterocycles. The second-order valence-corrected chi connectivity index (χ2v) is 9.66. The van der Waals surface area contributed by atoms with Gasteiger partial charge in [-0.3, -0.25) is 20.4 Å². The van der Waals surface area contributed by atoms with Crippen molar-refractivity contribution in [3.8, 4) is 0 Å². The van der Waals surface area contributed by atoms with Crippen molar-refractivity contribution in [3.05, 3.63) is 34.3 Å². The van der Waals surface area contributed by atoms with Crippen LogP contribution in [0, 0.1) is 11.8 Å². The molecule has 1 aliphatic carbocycles. The molecule has 0 bridgehead atoms. The summed E-state index contributed by atoms with van der Waals surface area (Å²) in [6.45, 7) is 0. The Balaban J connectivity index is 1.42. The van der Waals surface area contributed by atoms with Gasteiger partial charge in [-0.15, -0.1) is 0 Å². The van der Waals surface area contributed by atoms with E-state index in [2.05, 4.69) is 26.8 Å². The summed E-state index contributed by atoms with van der Waals surface area (Å²) in [6, 6.07) is 7.86. The van der Waals surface area contributed by atoms with Crippen LogP contribution < -0.4 is 10.9 Å². The van der Waals surface area contributed by atoms with Crippen LogP contribution in [0.15, 0.2) is 28.7 Å². The SMILES string of the molecule is O=C(CC1CCS(=O)(=O)C1)NNC(=O)C1CC1c1ccc(Br)cc1. The third kappa shape index (κ3) is 4.36. The molecule has 8 heteroatoms. The number of carbonyl (C=O) groups is 2. The highest BCUT2D eigenvalue weighted by Gasteiger charge is 2.44. The summed E-state index contributed by atoms with van der Waals surface area (Å²) in [5.41, 5.74) is 5.96. The van der Waals surface area contributed by atoms with E-state index in [1.165, 1.54) is 0 Å². The minimum Gasteiger partial charge on any atom is -0.273 e. The van der Waals surface area contributed by atoms with Gasteiger partial charge in [-0.05, 0) is 42.4 Å². The summed E-state index contributed by atoms with van der Waals surface area (Å²) in [6.07, 6.45) is 1.41. The Hall–Kier alpha value is -1.41. The van der Waals surface area contributed by atoms with Crippen LogP contribution in [0.25, 0.3) is 0 Å². The molecule has 2 fully saturated rings. The van der Waals surface area contributed by atoms with Gasteiger partial charge in [0, 0.05) is 16.8 Å². The Morgan fingerprint density at radius 2 is 1.88 bits per heavy atom. The molecule has 6 nitrogen and oxygen atoms in total. The predicted octanol–water partition coefficient (Wildman–Crippen LogP) is 1.52. The molecule has 2 amide bonds. The zero-order valence-electron chi connectivity index (χ0n) is 13.0. The number of hydrogen-bond donors (Lipinski definition) is 2. The van der Waals surface area contributed by atoms with Gasteiger partial charge >= 0.3 is 0 Å². The van der Waals surface area contributed by atoms with Gasteiger partial charge in [0.05, 0.1) is 11.5 Å². The monoisotopic (exact) mass is 414 g/mol. The molecule has 2 N–H and O–H groups in total. The summed E-state index contributed by atoms with van der Waals surface area (Å²) in [5, 5.41) is 0. The molecule has 3 rings (SSSR count). The number of hydrogen-bond acceptors (Lipinski definition) is 4. The summed E-state index contributed by atoms with van der Waals surface area (Å²) < 4.78 is 23.7. The molecule has 3 unspecified atom stereocenters. The van der Waals surface area contributed by atoms with Crippen molar-refractivity contribution in [3.63, 3.8) is 0 Å². The fourth-order valence-electron chi connectivity index (χ4n) is 3.13. The van der Waals surface area contributed by atoms with Crippen LogP contribution in [0.2, 0.25) is 0 Å². The molecule has 0 radical (unpaired) electrons. The van der Waals surface area contributed by atoms with Crippen molar-refractivity contribution in [2.45, 2.75) is 25.2 Å². The van der Waals surface area contributed by atoms with Crippen LogP contribution in [0.5, 0.6) is 0 Å². The molecule has 0 spiro atoms. The fourth-order valence-corrected chi connectivity index (χ4v) is 5.26. The van der Waals surface area contributed by atoms with Gasteiger partial charge < -0.3 is 0 Å². The topological polar surface area (TPSA) is 92.3 Å². The average molecular weight is 415 g/mol. The first-order chi connectivity index (χ1) is 11.3. The molecule has 1 saturated carbocycles. The van der Waals surface area contributed by atoms with Crippen molar-refractivity contribution >= 4 is 37.6 Å². The quantitative estimate of drug-likeness (QED) is 0.730. The third-order valence-electron chi connectivity index (χ3n) is 4.55. The van der Waals surface area contributed by atoms with Gasteiger partial charge in [-0.1, -0.05) is 28.1 Å². The minimum absolute atomic E-state index is 0.0582. The molecule has 1 aromatic rings. The van der Waals surface area contributed by atoms with Gasteiger partial charge in [0.1, 0.15) is 0 Å². The van der Waals surface area contributed by atoms with E-state index in [4.69, 9.17) is 0 Å². The predicted molar refractivity (Wildman–Crippen MR) is 92.7 cm³/mol. The van der Waals surface area contributed by atoms with Gasteiger partial charge in [0.15, 0.2) is 9.84 Å². The molecule has 130 valence electrons. The van der Waals surface area contributed by atoms with E-state index < -0.39 is 9.84 Å². The van der Waals surface area contributed by atoms with E-state index in [1.54, 1.807) is 0 Å². The lowest BCUT2D eigenvalue weighted by molar-refractivity contribution is -0.130. The highest BCUT2D eigenvalue weighted by molar-refractivity contribution is 9.10. The van der Waals surface area contributed by atoms with E-state index in [0.29, 0.717) is 6.42 Å². The lowest BCUT2D eigenvalue weighted by Crippen LogP contribution is -2.43. The normalized spacial score (nSPS) is 27.5. The largest absolute Gasteiger partial charge is 0.273 e. The second-order valence-electron chi connectivity index (χ2n) is 6.51. The van der Waals surface area contributed by atoms with Gasteiger partial charge in [0.2, 0.25) is 11.8 Å². The maximum absolute atomic E-state index is 12.1. The Labute approximate surface area is 149 Å². The summed E-state index contributed by atoms with van der Waals surface area (Å²) in [7, 11) is -2.99. The van der Waals surface area contributed by atoms with E-state index in [0.717, 1.165) is 16.5 Å². The van der Waals surface area contributed by atoms with Crippen molar-refractivity contribution < 1.29 is 18.0 Å². The van der Waals surface area contributed by atoms with Crippen LogP contribution in [0.4, 0.5) is 0 Å². The molecule has 1 heterocycles. The van der Waals surface area contributed by atoms with Crippen molar-refractivity contribution in [2.75, 3.05) is 11.5 Å². The first-order valence-electron chi connectivity index (χ1n) is 7.88. The summed E-state index contributed by atoms with van der Waals surface area (Å²) in [5.74, 6) is -0.421. The van der Waals surface area contributed by atoms with Crippen LogP contribution in [0.1, 0.15) is 30.7 Å². The van der Waals surface area contributed by atoms with Crippen molar-refractivity contribution in [1.82, 2.24) is 10.9 Å². The Kier molecular flexibility index (Phi) is 4.96. The highest BCUT2D eigenvalue weighted by Crippen LogP contribution is 2.47. The van der Waals surface area contributed by atoms with E-state index in [-0.39, 0.29) is 47.5 Å². The van der Waals surface area contributed by atoms with Crippen LogP contribution in [0.3, 0.4) is 0 Å². The number of amides is 2. The number of sulfone groups is 1. The molecule has 1 aliphatic heterocycles. The molecule has 3 atom stereocenters. The molecular formula is C16H19BrN2O4S. The van der Waals surface area contributed by atoms with E-state index >= 15 is 0 Å². The summed E-state index contributed by atoms with van der Waals surface area (Å²) in [4.78, 5) is 23.9. The zero-order chi connectivity index (χ0) is 17.3. The molecule has 2 aliphatic rings. The lowest BCUT2D eigenvalue weighted by atomic mass is 10.1. The number of nitrogens with one attached hydrogen (secondary N) is 2. The van der Waals surface area contributed by atoms with Gasteiger partial charge in [0.25, 0.3) is 0 Å². The van der Waals surface area contributed by atoms with Gasteiger partial charge in [-0.25, -0.2) is 8.42 Å². The molecule has 0 aromatic heterocycles. The minimum atomic E-state index is -2.99. The number of benzene rings is 1. The Morgan fingerprint density at radius 1 is 1.17 bits per heavy atom. The highest BCUT2D eigenvalue weighted by atomic mass is 79.9. The number of halogens is 1. The van der Waals surface area contributed by atoms with Crippen molar-refractivity contribution in [2.24, 2.45) is 11.8 Å². The first kappa shape index (κ1) is 17.4. The van der Waals surface area contributed by atoms with Gasteiger partial charge in [-0.2, -0.15) is 0 Å². The Morgan fingerprint density at radius 3 is 2.50 bits per heavy atom. The standard InChI is InChI=1S/C16H19BrN2O4S/c17-12-3-1-11(2-4-12)13-8-14(13)16(21)19-18-15(20)7-10-5-6-24(22,23)9-10/h1-4,10,13-14H,5-9H2,(H,18,20)(H,19,21). The molecule has 24 heavy (non-hydrogen) atoms. The third-order valence-corrected chi connectivity index (χ3v) is 6.92. The number of hydrazine groups is 1. The molecular weight excluding hydrogens is 396 g/mol. The van der Waals surface area contributed by atoms with E-state index in [1.807, 2.05) is 24.3 Å². The number of carbonyl (C=O) groups excluding carboxylic acids is 2. The average Bonchev–Trinajstić information content (AvgIpc) is 3.25. The van der Waals surface area contributed by atoms with Crippen LogP contribution in [-0.4, -0.2) is 31.7 Å². The van der Waals surface area contributed by atoms with Crippen LogP contribution in [-0.2, 0) is 19.4 Å². The summed E-state index contributed by atoms with van der Waals surface area (Å²) >= 11 is 3.38. The smallest absolute Gasteiger partial charge is 0.242 e. The molecule has 1 aromatic carbocycles. The second kappa shape index (κ2) is 6.84. The van der Waals surface area contributed by atoms with Crippen molar-refractivity contribution in [1.29, 1.82) is 0 Å². The first-order valence-corrected chi connectivity index (χ1v) is 10.5. The fraction of sp³-hybridized carbons (Fsp3) is 0.500. The van der Waals surface area contributed by atoms with E-state index in [9.17, 15) is 18.0 Å². The maximum atomic E-state index is 12.1. The van der Waals surface area contributed by atoms with Crippen LogP contribution >= 0.6 is 15.9 Å². The lowest BCUT2D eigenvalue weighted by Gasteiger charge is -2.10.